The summed E-state index contributed by atoms with van der Waals surface area (Å²) in [6.07, 6.45) is 3.84. The molecule has 7 heteroatoms. The predicted molar refractivity (Wildman–Crippen MR) is 112 cm³/mol. The molecule has 0 unspecified atom stereocenters. The molecule has 2 N–H and O–H groups in total. The van der Waals surface area contributed by atoms with Gasteiger partial charge >= 0.3 is 0 Å². The fraction of sp³-hybridized carbons (Fsp3) is 0.476. The van der Waals surface area contributed by atoms with Crippen molar-refractivity contribution in [3.63, 3.8) is 0 Å². The second-order valence-corrected chi connectivity index (χ2v) is 7.80. The number of fused-ring (bicyclic) bond motifs is 1. The Morgan fingerprint density at radius 2 is 2.00 bits per heavy atom. The first-order valence-electron chi connectivity index (χ1n) is 9.98. The summed E-state index contributed by atoms with van der Waals surface area (Å²) >= 11 is 0. The van der Waals surface area contributed by atoms with Gasteiger partial charge in [-0.15, -0.1) is 0 Å². The summed E-state index contributed by atoms with van der Waals surface area (Å²) in [5.74, 6) is 1.40. The quantitative estimate of drug-likeness (QED) is 0.683. The molecule has 1 aliphatic heterocycles. The Hall–Kier alpha value is -2.67. The number of aryl methyl sites for hydroxylation is 1. The van der Waals surface area contributed by atoms with Gasteiger partial charge in [0, 0.05) is 19.1 Å². The van der Waals surface area contributed by atoms with Crippen LogP contribution in [-0.4, -0.2) is 43.8 Å². The van der Waals surface area contributed by atoms with E-state index in [1.54, 1.807) is 0 Å². The molecule has 0 amide bonds. The number of aliphatic hydroxyl groups is 1. The number of hydrogen-bond donors (Lipinski definition) is 2. The largest absolute Gasteiger partial charge is 0.394 e. The summed E-state index contributed by atoms with van der Waals surface area (Å²) in [4.78, 5) is 16.3. The second kappa shape index (κ2) is 7.75. The lowest BCUT2D eigenvalue weighted by molar-refractivity contribution is 0.265. The summed E-state index contributed by atoms with van der Waals surface area (Å²) in [6.45, 7) is 7.98. The van der Waals surface area contributed by atoms with Crippen LogP contribution in [0.2, 0.25) is 0 Å². The maximum Gasteiger partial charge on any atom is 0.229 e. The molecule has 0 spiro atoms. The van der Waals surface area contributed by atoms with Crippen LogP contribution in [0.4, 0.5) is 11.8 Å². The Balaban J connectivity index is 1.72. The first-order chi connectivity index (χ1) is 13.6. The van der Waals surface area contributed by atoms with E-state index in [9.17, 15) is 5.11 Å². The third-order valence-electron chi connectivity index (χ3n) is 5.39. The molecule has 7 nitrogen and oxygen atoms in total. The van der Waals surface area contributed by atoms with Crippen LogP contribution < -0.4 is 10.2 Å². The van der Waals surface area contributed by atoms with Gasteiger partial charge < -0.3 is 19.9 Å². The van der Waals surface area contributed by atoms with Crippen LogP contribution in [0.25, 0.3) is 11.2 Å². The molecule has 1 aliphatic rings. The molecule has 0 bridgehead atoms. The number of rotatable bonds is 6. The molecule has 1 atom stereocenters. The van der Waals surface area contributed by atoms with E-state index in [2.05, 4.69) is 64.8 Å². The van der Waals surface area contributed by atoms with Crippen LogP contribution in [0.1, 0.15) is 43.9 Å². The SMILES string of the molecule is Cc1ccc(CNc2nc(N3CCC[C@@H]3CO)nc3c2ncn3C(C)C)cc1. The fourth-order valence-electron chi connectivity index (χ4n) is 3.72. The van der Waals surface area contributed by atoms with Crippen LogP contribution in [0.3, 0.4) is 0 Å². The van der Waals surface area contributed by atoms with Crippen molar-refractivity contribution in [3.05, 3.63) is 41.7 Å². The first kappa shape index (κ1) is 18.7. The molecule has 3 aromatic rings. The summed E-state index contributed by atoms with van der Waals surface area (Å²) in [5, 5.41) is 13.2. The Labute approximate surface area is 165 Å². The Bertz CT molecular complexity index is 949. The average molecular weight is 380 g/mol. The number of imidazole rings is 1. The summed E-state index contributed by atoms with van der Waals surface area (Å²) in [5.41, 5.74) is 4.05. The Morgan fingerprint density at radius 3 is 2.71 bits per heavy atom. The molecule has 1 aromatic carbocycles. The minimum atomic E-state index is 0.0813. The second-order valence-electron chi connectivity index (χ2n) is 7.80. The number of aromatic nitrogens is 4. The smallest absolute Gasteiger partial charge is 0.229 e. The van der Waals surface area contributed by atoms with Crippen LogP contribution in [0, 0.1) is 6.92 Å². The average Bonchev–Trinajstić information content (AvgIpc) is 3.33. The lowest BCUT2D eigenvalue weighted by Gasteiger charge is -2.23. The molecule has 2 aromatic heterocycles. The van der Waals surface area contributed by atoms with Gasteiger partial charge in [0.15, 0.2) is 17.0 Å². The zero-order valence-corrected chi connectivity index (χ0v) is 16.8. The highest BCUT2D eigenvalue weighted by Gasteiger charge is 2.27. The van der Waals surface area contributed by atoms with E-state index in [0.717, 1.165) is 36.4 Å². The number of benzene rings is 1. The molecule has 0 saturated carbocycles. The number of hydrogen-bond acceptors (Lipinski definition) is 6. The fourth-order valence-corrected chi connectivity index (χ4v) is 3.72. The molecular formula is C21H28N6O. The van der Waals surface area contributed by atoms with Crippen LogP contribution in [-0.2, 0) is 6.54 Å². The minimum Gasteiger partial charge on any atom is -0.394 e. The van der Waals surface area contributed by atoms with Gasteiger partial charge in [0.1, 0.15) is 0 Å². The zero-order valence-electron chi connectivity index (χ0n) is 16.8. The van der Waals surface area contributed by atoms with E-state index in [4.69, 9.17) is 9.97 Å². The minimum absolute atomic E-state index is 0.0813. The number of nitrogens with zero attached hydrogens (tertiary/aromatic N) is 5. The molecule has 148 valence electrons. The van der Waals surface area contributed by atoms with Crippen molar-refractivity contribution in [2.75, 3.05) is 23.4 Å². The van der Waals surface area contributed by atoms with Crippen LogP contribution >= 0.6 is 0 Å². The molecule has 1 fully saturated rings. The van der Waals surface area contributed by atoms with Gasteiger partial charge in [-0.25, -0.2) is 4.98 Å². The molecule has 28 heavy (non-hydrogen) atoms. The monoisotopic (exact) mass is 380 g/mol. The summed E-state index contributed by atoms with van der Waals surface area (Å²) in [7, 11) is 0. The lowest BCUT2D eigenvalue weighted by Crippen LogP contribution is -2.33. The molecular weight excluding hydrogens is 352 g/mol. The van der Waals surface area contributed by atoms with Crippen LogP contribution in [0.5, 0.6) is 0 Å². The number of aliphatic hydroxyl groups excluding tert-OH is 1. The Kier molecular flexibility index (Phi) is 5.17. The maximum absolute atomic E-state index is 9.73. The third-order valence-corrected chi connectivity index (χ3v) is 5.39. The van der Waals surface area contributed by atoms with Gasteiger partial charge in [0.05, 0.1) is 19.0 Å². The third kappa shape index (κ3) is 3.54. The van der Waals surface area contributed by atoms with Crippen molar-refractivity contribution in [3.8, 4) is 0 Å². The standard InChI is InChI=1S/C21H28N6O/c1-14(2)27-13-23-18-19(22-11-16-8-6-15(3)7-9-16)24-21(25-20(18)27)26-10-4-5-17(26)12-28/h6-9,13-14,17,28H,4-5,10-12H2,1-3H3,(H,22,24,25)/t17-/m1/s1. The van der Waals surface area contributed by atoms with Crippen molar-refractivity contribution in [1.82, 2.24) is 19.5 Å². The number of anilines is 2. The predicted octanol–water partition coefficient (Wildman–Crippen LogP) is 3.29. The maximum atomic E-state index is 9.73. The van der Waals surface area contributed by atoms with E-state index in [0.29, 0.717) is 12.5 Å². The van der Waals surface area contributed by atoms with Crippen molar-refractivity contribution in [2.24, 2.45) is 0 Å². The van der Waals surface area contributed by atoms with Crippen LogP contribution in [0.15, 0.2) is 30.6 Å². The van der Waals surface area contributed by atoms with Gasteiger partial charge in [0.25, 0.3) is 0 Å². The summed E-state index contributed by atoms with van der Waals surface area (Å²) < 4.78 is 2.07. The van der Waals surface area contributed by atoms with Gasteiger partial charge in [-0.3, -0.25) is 0 Å². The molecule has 0 radical (unpaired) electrons. The van der Waals surface area contributed by atoms with Crippen molar-refractivity contribution >= 4 is 22.9 Å². The van der Waals surface area contributed by atoms with E-state index in [-0.39, 0.29) is 18.7 Å². The number of nitrogens with one attached hydrogen (secondary N) is 1. The van der Waals surface area contributed by atoms with Gasteiger partial charge in [-0.2, -0.15) is 9.97 Å². The first-order valence-corrected chi connectivity index (χ1v) is 9.98. The highest BCUT2D eigenvalue weighted by molar-refractivity contribution is 5.84. The van der Waals surface area contributed by atoms with Crippen molar-refractivity contribution < 1.29 is 5.11 Å². The normalized spacial score (nSPS) is 17.0. The van der Waals surface area contributed by atoms with Gasteiger partial charge in [-0.1, -0.05) is 29.8 Å². The lowest BCUT2D eigenvalue weighted by atomic mass is 10.1. The van der Waals surface area contributed by atoms with Gasteiger partial charge in [-0.05, 0) is 39.2 Å². The molecule has 0 aliphatic carbocycles. The highest BCUT2D eigenvalue weighted by atomic mass is 16.3. The summed E-state index contributed by atoms with van der Waals surface area (Å²) in [6, 6.07) is 8.80. The molecule has 3 heterocycles. The highest BCUT2D eigenvalue weighted by Crippen LogP contribution is 2.28. The zero-order chi connectivity index (χ0) is 19.7. The van der Waals surface area contributed by atoms with Crippen molar-refractivity contribution in [1.29, 1.82) is 0 Å². The van der Waals surface area contributed by atoms with E-state index < -0.39 is 0 Å². The van der Waals surface area contributed by atoms with E-state index in [1.165, 1.54) is 11.1 Å². The van der Waals surface area contributed by atoms with Gasteiger partial charge in [0.2, 0.25) is 5.95 Å². The Morgan fingerprint density at radius 1 is 1.21 bits per heavy atom. The molecule has 1 saturated heterocycles. The topological polar surface area (TPSA) is 79.1 Å². The molecule has 4 rings (SSSR count). The van der Waals surface area contributed by atoms with Crippen molar-refractivity contribution in [2.45, 2.75) is 52.2 Å². The van der Waals surface area contributed by atoms with E-state index >= 15 is 0 Å². The van der Waals surface area contributed by atoms with E-state index in [1.807, 2.05) is 6.33 Å².